The molecular formula is C15H19NO2. The van der Waals surface area contributed by atoms with E-state index in [2.05, 4.69) is 11.8 Å². The summed E-state index contributed by atoms with van der Waals surface area (Å²) in [6, 6.07) is 5.93. The normalized spacial score (nSPS) is 18.2. The second-order valence-electron chi connectivity index (χ2n) is 4.43. The maximum absolute atomic E-state index is 5.73. The molecule has 96 valence electrons. The molecule has 0 saturated carbocycles. The molecule has 0 aliphatic carbocycles. The molecule has 1 fully saturated rings. The maximum Gasteiger partial charge on any atom is 0.119 e. The Labute approximate surface area is 108 Å². The number of aryl methyl sites for hydroxylation is 1. The van der Waals surface area contributed by atoms with Gasteiger partial charge in [-0.1, -0.05) is 11.8 Å². The predicted molar refractivity (Wildman–Crippen MR) is 71.6 cm³/mol. The van der Waals surface area contributed by atoms with Crippen molar-refractivity contribution in [3.05, 3.63) is 29.3 Å². The molecule has 1 unspecified atom stereocenters. The molecule has 1 saturated heterocycles. The van der Waals surface area contributed by atoms with Crippen molar-refractivity contribution in [3.8, 4) is 17.6 Å². The highest BCUT2D eigenvalue weighted by atomic mass is 16.5. The van der Waals surface area contributed by atoms with Crippen LogP contribution in [0, 0.1) is 18.8 Å². The topological polar surface area (TPSA) is 44.5 Å². The third-order valence-corrected chi connectivity index (χ3v) is 2.98. The molecule has 2 N–H and O–H groups in total. The molecule has 3 nitrogen and oxygen atoms in total. The summed E-state index contributed by atoms with van der Waals surface area (Å²) >= 11 is 0. The molecule has 1 aliphatic heterocycles. The highest BCUT2D eigenvalue weighted by Crippen LogP contribution is 2.19. The molecular weight excluding hydrogens is 226 g/mol. The van der Waals surface area contributed by atoms with Gasteiger partial charge >= 0.3 is 0 Å². The first-order valence-corrected chi connectivity index (χ1v) is 6.33. The Morgan fingerprint density at radius 2 is 2.39 bits per heavy atom. The van der Waals surface area contributed by atoms with Crippen molar-refractivity contribution in [2.45, 2.75) is 25.9 Å². The SMILES string of the molecule is Cc1cc(OCC2CCCO2)ccc1C#CCN. The van der Waals surface area contributed by atoms with Crippen molar-refractivity contribution in [2.24, 2.45) is 5.73 Å². The van der Waals surface area contributed by atoms with Crippen molar-refractivity contribution in [3.63, 3.8) is 0 Å². The first kappa shape index (κ1) is 12.9. The summed E-state index contributed by atoms with van der Waals surface area (Å²) in [5.41, 5.74) is 7.48. The zero-order valence-corrected chi connectivity index (χ0v) is 10.7. The van der Waals surface area contributed by atoms with E-state index in [1.807, 2.05) is 25.1 Å². The summed E-state index contributed by atoms with van der Waals surface area (Å²) in [4.78, 5) is 0. The van der Waals surface area contributed by atoms with E-state index >= 15 is 0 Å². The predicted octanol–water partition coefficient (Wildman–Crippen LogP) is 1.86. The molecule has 2 rings (SSSR count). The highest BCUT2D eigenvalue weighted by Gasteiger charge is 2.15. The van der Waals surface area contributed by atoms with Crippen molar-refractivity contribution < 1.29 is 9.47 Å². The van der Waals surface area contributed by atoms with Gasteiger partial charge in [-0.15, -0.1) is 0 Å². The van der Waals surface area contributed by atoms with Gasteiger partial charge in [0.1, 0.15) is 12.4 Å². The number of nitrogens with two attached hydrogens (primary N) is 1. The Kier molecular flexibility index (Phi) is 4.63. The third-order valence-electron chi connectivity index (χ3n) is 2.98. The fourth-order valence-corrected chi connectivity index (χ4v) is 1.98. The molecule has 1 heterocycles. The van der Waals surface area contributed by atoms with Crippen molar-refractivity contribution in [1.82, 2.24) is 0 Å². The largest absolute Gasteiger partial charge is 0.491 e. The average molecular weight is 245 g/mol. The molecule has 1 aromatic carbocycles. The van der Waals surface area contributed by atoms with Gasteiger partial charge in [0, 0.05) is 12.2 Å². The van der Waals surface area contributed by atoms with Gasteiger partial charge in [-0.3, -0.25) is 0 Å². The van der Waals surface area contributed by atoms with Gasteiger partial charge in [0.2, 0.25) is 0 Å². The first-order valence-electron chi connectivity index (χ1n) is 6.33. The van der Waals surface area contributed by atoms with Crippen LogP contribution in [0.2, 0.25) is 0 Å². The minimum atomic E-state index is 0.252. The van der Waals surface area contributed by atoms with Crippen molar-refractivity contribution in [1.29, 1.82) is 0 Å². The minimum Gasteiger partial charge on any atom is -0.491 e. The summed E-state index contributed by atoms with van der Waals surface area (Å²) in [6.45, 7) is 3.91. The van der Waals surface area contributed by atoms with Crippen LogP contribution in [-0.4, -0.2) is 25.9 Å². The van der Waals surface area contributed by atoms with Gasteiger partial charge in [-0.05, 0) is 43.5 Å². The molecule has 0 spiro atoms. The van der Waals surface area contributed by atoms with Crippen LogP contribution in [0.5, 0.6) is 5.75 Å². The lowest BCUT2D eigenvalue weighted by Crippen LogP contribution is -2.16. The maximum atomic E-state index is 5.73. The molecule has 1 aliphatic rings. The van der Waals surface area contributed by atoms with Crippen LogP contribution in [-0.2, 0) is 4.74 Å². The molecule has 0 radical (unpaired) electrons. The van der Waals surface area contributed by atoms with Crippen LogP contribution in [0.4, 0.5) is 0 Å². The van der Waals surface area contributed by atoms with Gasteiger partial charge in [-0.2, -0.15) is 0 Å². The van der Waals surface area contributed by atoms with Crippen LogP contribution in [0.3, 0.4) is 0 Å². The van der Waals surface area contributed by atoms with Crippen LogP contribution in [0.25, 0.3) is 0 Å². The van der Waals surface area contributed by atoms with Crippen molar-refractivity contribution in [2.75, 3.05) is 19.8 Å². The monoisotopic (exact) mass is 245 g/mol. The lowest BCUT2D eigenvalue weighted by Gasteiger charge is -2.12. The van der Waals surface area contributed by atoms with Gasteiger partial charge in [0.15, 0.2) is 0 Å². The average Bonchev–Trinajstić information content (AvgIpc) is 2.88. The van der Waals surface area contributed by atoms with Crippen molar-refractivity contribution >= 4 is 0 Å². The fourth-order valence-electron chi connectivity index (χ4n) is 1.98. The highest BCUT2D eigenvalue weighted by molar-refractivity contribution is 5.44. The summed E-state index contributed by atoms with van der Waals surface area (Å²) in [7, 11) is 0. The Morgan fingerprint density at radius 1 is 1.50 bits per heavy atom. The summed E-state index contributed by atoms with van der Waals surface area (Å²) < 4.78 is 11.3. The molecule has 0 amide bonds. The Hall–Kier alpha value is -1.50. The van der Waals surface area contributed by atoms with Crippen LogP contribution in [0.1, 0.15) is 24.0 Å². The second kappa shape index (κ2) is 6.44. The fraction of sp³-hybridized carbons (Fsp3) is 0.467. The van der Waals surface area contributed by atoms with E-state index < -0.39 is 0 Å². The Balaban J connectivity index is 1.95. The van der Waals surface area contributed by atoms with Crippen LogP contribution >= 0.6 is 0 Å². The Bertz CT molecular complexity index is 453. The number of rotatable bonds is 3. The molecule has 1 atom stereocenters. The standard InChI is InChI=1S/C15H19NO2/c1-12-10-14(7-6-13(12)4-2-8-16)18-11-15-5-3-9-17-15/h6-7,10,15H,3,5,8-9,11,16H2,1H3. The molecule has 0 aromatic heterocycles. The summed E-state index contributed by atoms with van der Waals surface area (Å²) in [6.07, 6.45) is 2.49. The van der Waals surface area contributed by atoms with E-state index in [-0.39, 0.29) is 6.10 Å². The van der Waals surface area contributed by atoms with E-state index in [0.29, 0.717) is 13.2 Å². The molecule has 18 heavy (non-hydrogen) atoms. The van der Waals surface area contributed by atoms with Crippen LogP contribution < -0.4 is 10.5 Å². The van der Waals surface area contributed by atoms with Crippen LogP contribution in [0.15, 0.2) is 18.2 Å². The third kappa shape index (κ3) is 3.49. The summed E-state index contributed by atoms with van der Waals surface area (Å²) in [5.74, 6) is 6.78. The molecule has 3 heteroatoms. The van der Waals surface area contributed by atoms with E-state index in [9.17, 15) is 0 Å². The smallest absolute Gasteiger partial charge is 0.119 e. The van der Waals surface area contributed by atoms with Gasteiger partial charge < -0.3 is 15.2 Å². The van der Waals surface area contributed by atoms with Gasteiger partial charge in [0.25, 0.3) is 0 Å². The number of hydrogen-bond acceptors (Lipinski definition) is 3. The number of ether oxygens (including phenoxy) is 2. The second-order valence-corrected chi connectivity index (χ2v) is 4.43. The number of benzene rings is 1. The van der Waals surface area contributed by atoms with E-state index in [0.717, 1.165) is 36.3 Å². The zero-order chi connectivity index (χ0) is 12.8. The summed E-state index contributed by atoms with van der Waals surface area (Å²) in [5, 5.41) is 0. The Morgan fingerprint density at radius 3 is 3.06 bits per heavy atom. The van der Waals surface area contributed by atoms with E-state index in [1.165, 1.54) is 0 Å². The lowest BCUT2D eigenvalue weighted by atomic mass is 10.1. The van der Waals surface area contributed by atoms with E-state index in [4.69, 9.17) is 15.2 Å². The van der Waals surface area contributed by atoms with Gasteiger partial charge in [-0.25, -0.2) is 0 Å². The lowest BCUT2D eigenvalue weighted by molar-refractivity contribution is 0.0679. The number of hydrogen-bond donors (Lipinski definition) is 1. The quantitative estimate of drug-likeness (QED) is 0.827. The zero-order valence-electron chi connectivity index (χ0n) is 10.7. The van der Waals surface area contributed by atoms with E-state index in [1.54, 1.807) is 0 Å². The van der Waals surface area contributed by atoms with Gasteiger partial charge in [0.05, 0.1) is 12.6 Å². The molecule has 1 aromatic rings. The minimum absolute atomic E-state index is 0.252. The molecule has 0 bridgehead atoms. The first-order chi connectivity index (χ1) is 8.79.